The molecular formula is C57H50. The van der Waals surface area contributed by atoms with E-state index in [2.05, 4.69) is 213 Å². The average molecular weight is 735 g/mol. The summed E-state index contributed by atoms with van der Waals surface area (Å²) in [4.78, 5) is 0. The van der Waals surface area contributed by atoms with Gasteiger partial charge in [0.25, 0.3) is 0 Å². The summed E-state index contributed by atoms with van der Waals surface area (Å²) in [5, 5.41) is 0. The highest BCUT2D eigenvalue weighted by Gasteiger charge is 2.46. The van der Waals surface area contributed by atoms with E-state index in [1.807, 2.05) is 0 Å². The van der Waals surface area contributed by atoms with E-state index in [1.165, 1.54) is 122 Å². The van der Waals surface area contributed by atoms with E-state index in [0.29, 0.717) is 0 Å². The van der Waals surface area contributed by atoms with Crippen molar-refractivity contribution in [2.45, 2.75) is 60.8 Å². The highest BCUT2D eigenvalue weighted by molar-refractivity contribution is 5.89. The second-order valence-corrected chi connectivity index (χ2v) is 16.9. The molecule has 1 aliphatic rings. The van der Waals surface area contributed by atoms with Crippen LogP contribution in [0.2, 0.25) is 0 Å². The van der Waals surface area contributed by atoms with Gasteiger partial charge in [0, 0.05) is 0 Å². The molecule has 0 fully saturated rings. The maximum absolute atomic E-state index is 2.50. The van der Waals surface area contributed by atoms with Crippen molar-refractivity contribution >= 4 is 0 Å². The molecule has 0 saturated carbocycles. The molecule has 0 heterocycles. The molecule has 57 heavy (non-hydrogen) atoms. The molecule has 0 N–H and O–H groups in total. The highest BCUT2D eigenvalue weighted by Crippen LogP contribution is 2.57. The first kappa shape index (κ1) is 36.4. The largest absolute Gasteiger partial charge is 0.0714 e. The fraction of sp³-hybridized carbons (Fsp3) is 0.158. The molecule has 0 aliphatic heterocycles. The lowest BCUT2D eigenvalue weighted by Crippen LogP contribution is -2.29. The Bertz CT molecular complexity index is 2460. The molecule has 0 radical (unpaired) electrons. The SMILES string of the molecule is Cc1cc(C)cc(-c2cc(-c3cc(C)cc(C)c3)cc(C3(c4cc(-c5cc(C)cc(C)c5)cc(-c5cc(C)cc(C)c5)c4)c4ccccc4-c4ccccc43)c2)c1. The minimum absolute atomic E-state index is 0.613. The average Bonchev–Trinajstić information content (AvgIpc) is 3.47. The summed E-state index contributed by atoms with van der Waals surface area (Å²) in [6.45, 7) is 17.7. The number of rotatable bonds is 6. The van der Waals surface area contributed by atoms with Gasteiger partial charge in [-0.3, -0.25) is 0 Å². The van der Waals surface area contributed by atoms with Crippen molar-refractivity contribution in [3.63, 3.8) is 0 Å². The molecule has 0 heteroatoms. The topological polar surface area (TPSA) is 0 Å². The Balaban J connectivity index is 1.45. The molecule has 0 unspecified atom stereocenters. The number of hydrogen-bond donors (Lipinski definition) is 0. The van der Waals surface area contributed by atoms with Crippen LogP contribution in [0, 0.1) is 55.4 Å². The van der Waals surface area contributed by atoms with Gasteiger partial charge in [-0.2, -0.15) is 0 Å². The van der Waals surface area contributed by atoms with E-state index in [-0.39, 0.29) is 0 Å². The van der Waals surface area contributed by atoms with E-state index in [0.717, 1.165) is 0 Å². The second-order valence-electron chi connectivity index (χ2n) is 16.9. The van der Waals surface area contributed by atoms with Gasteiger partial charge >= 0.3 is 0 Å². The van der Waals surface area contributed by atoms with Crippen LogP contribution in [0.5, 0.6) is 0 Å². The van der Waals surface area contributed by atoms with Gasteiger partial charge in [0.15, 0.2) is 0 Å². The van der Waals surface area contributed by atoms with Crippen LogP contribution in [-0.4, -0.2) is 0 Å². The summed E-state index contributed by atoms with van der Waals surface area (Å²) >= 11 is 0. The van der Waals surface area contributed by atoms with Gasteiger partial charge in [-0.1, -0.05) is 166 Å². The Kier molecular flexibility index (Phi) is 8.97. The zero-order valence-corrected chi connectivity index (χ0v) is 34.5. The van der Waals surface area contributed by atoms with Crippen molar-refractivity contribution < 1.29 is 0 Å². The Morgan fingerprint density at radius 2 is 0.474 bits per heavy atom. The standard InChI is InChI=1S/C57H50/c1-35-17-36(2)22-43(21-35)47-29-48(44-23-37(3)18-38(4)24-44)32-51(31-47)57(55-15-11-9-13-53(55)54-14-10-12-16-56(54)57)52-33-49(45-25-39(5)19-40(6)26-45)30-50(34-52)46-27-41(7)20-42(8)28-46/h9-34H,1-8H3. The normalized spacial score (nSPS) is 12.7. The predicted octanol–water partition coefficient (Wildman–Crippen LogP) is 15.2. The van der Waals surface area contributed by atoms with E-state index in [1.54, 1.807) is 0 Å². The van der Waals surface area contributed by atoms with Crippen LogP contribution in [0.15, 0.2) is 158 Å². The van der Waals surface area contributed by atoms with Gasteiger partial charge in [-0.15, -0.1) is 0 Å². The number of fused-ring (bicyclic) bond motifs is 3. The Morgan fingerprint density at radius 3 is 0.737 bits per heavy atom. The van der Waals surface area contributed by atoms with E-state index < -0.39 is 5.41 Å². The van der Waals surface area contributed by atoms with Crippen molar-refractivity contribution in [2.24, 2.45) is 0 Å². The minimum Gasteiger partial charge on any atom is -0.0619 e. The summed E-state index contributed by atoms with van der Waals surface area (Å²) in [6.07, 6.45) is 0. The van der Waals surface area contributed by atoms with E-state index >= 15 is 0 Å². The molecule has 9 rings (SSSR count). The molecule has 0 saturated heterocycles. The van der Waals surface area contributed by atoms with Crippen LogP contribution in [-0.2, 0) is 5.41 Å². The summed E-state index contributed by atoms with van der Waals surface area (Å²) in [7, 11) is 0. The lowest BCUT2D eigenvalue weighted by molar-refractivity contribution is 0.770. The molecule has 0 spiro atoms. The van der Waals surface area contributed by atoms with Gasteiger partial charge in [-0.05, 0) is 170 Å². The monoisotopic (exact) mass is 734 g/mol. The molecule has 278 valence electrons. The van der Waals surface area contributed by atoms with E-state index in [4.69, 9.17) is 0 Å². The summed E-state index contributed by atoms with van der Waals surface area (Å²) < 4.78 is 0. The van der Waals surface area contributed by atoms with Crippen molar-refractivity contribution in [3.05, 3.63) is 224 Å². The quantitative estimate of drug-likeness (QED) is 0.160. The molecular weight excluding hydrogens is 685 g/mol. The first-order valence-corrected chi connectivity index (χ1v) is 20.3. The number of hydrogen-bond acceptors (Lipinski definition) is 0. The molecule has 1 aliphatic carbocycles. The van der Waals surface area contributed by atoms with Gasteiger partial charge in [0.05, 0.1) is 5.41 Å². The van der Waals surface area contributed by atoms with Crippen molar-refractivity contribution in [3.8, 4) is 55.6 Å². The van der Waals surface area contributed by atoms with Crippen LogP contribution in [0.4, 0.5) is 0 Å². The maximum Gasteiger partial charge on any atom is 0.0714 e. The molecule has 0 nitrogen and oxygen atoms in total. The Morgan fingerprint density at radius 1 is 0.246 bits per heavy atom. The first-order chi connectivity index (χ1) is 27.4. The van der Waals surface area contributed by atoms with Crippen LogP contribution in [0.3, 0.4) is 0 Å². The van der Waals surface area contributed by atoms with Crippen LogP contribution in [0.1, 0.15) is 66.8 Å². The molecule has 8 aromatic carbocycles. The molecule has 0 atom stereocenters. The lowest BCUT2D eigenvalue weighted by atomic mass is 9.66. The van der Waals surface area contributed by atoms with Crippen molar-refractivity contribution in [1.29, 1.82) is 0 Å². The van der Waals surface area contributed by atoms with Gasteiger partial charge in [0.1, 0.15) is 0 Å². The number of aryl methyl sites for hydroxylation is 8. The second kappa shape index (κ2) is 14.1. The maximum atomic E-state index is 2.50. The van der Waals surface area contributed by atoms with Gasteiger partial charge < -0.3 is 0 Å². The summed E-state index contributed by atoms with van der Waals surface area (Å²) in [6, 6.07) is 61.0. The third-order valence-electron chi connectivity index (χ3n) is 11.9. The van der Waals surface area contributed by atoms with Gasteiger partial charge in [-0.25, -0.2) is 0 Å². The van der Waals surface area contributed by atoms with Crippen LogP contribution >= 0.6 is 0 Å². The Labute approximate surface area is 339 Å². The van der Waals surface area contributed by atoms with Crippen LogP contribution < -0.4 is 0 Å². The summed E-state index contributed by atoms with van der Waals surface area (Å²) in [5.74, 6) is 0. The minimum atomic E-state index is -0.613. The van der Waals surface area contributed by atoms with Crippen molar-refractivity contribution in [1.82, 2.24) is 0 Å². The Hall–Kier alpha value is -6.24. The van der Waals surface area contributed by atoms with Crippen LogP contribution in [0.25, 0.3) is 55.6 Å². The fourth-order valence-electron chi connectivity index (χ4n) is 9.94. The third-order valence-corrected chi connectivity index (χ3v) is 11.9. The third kappa shape index (κ3) is 6.54. The first-order valence-electron chi connectivity index (χ1n) is 20.3. The van der Waals surface area contributed by atoms with Gasteiger partial charge in [0.2, 0.25) is 0 Å². The van der Waals surface area contributed by atoms with E-state index in [9.17, 15) is 0 Å². The van der Waals surface area contributed by atoms with Crippen molar-refractivity contribution in [2.75, 3.05) is 0 Å². The zero-order valence-electron chi connectivity index (χ0n) is 34.5. The molecule has 0 amide bonds. The highest BCUT2D eigenvalue weighted by atomic mass is 14.5. The lowest BCUT2D eigenvalue weighted by Gasteiger charge is -2.35. The number of benzene rings is 8. The fourth-order valence-corrected chi connectivity index (χ4v) is 9.94. The predicted molar refractivity (Wildman–Crippen MR) is 243 cm³/mol. The molecule has 0 aromatic heterocycles. The summed E-state index contributed by atoms with van der Waals surface area (Å²) in [5.41, 5.74) is 27.2. The zero-order chi connectivity index (χ0) is 39.6. The molecule has 0 bridgehead atoms. The smallest absolute Gasteiger partial charge is 0.0619 e. The molecule has 8 aromatic rings.